The summed E-state index contributed by atoms with van der Waals surface area (Å²) >= 11 is 0. The number of likely N-dealkylation sites (tertiary alicyclic amines) is 1. The summed E-state index contributed by atoms with van der Waals surface area (Å²) in [6.07, 6.45) is 7.97. The van der Waals surface area contributed by atoms with Crippen molar-refractivity contribution in [1.29, 1.82) is 0 Å². The zero-order chi connectivity index (χ0) is 33.1. The standard InChI is InChI=1S/C30H55N5O8S/c1-7-8-9-10-11-12-13-17-30(5,27(38)39)32-26(37)23-16-14-20-35(23)25(36)21-31-28(40)43-24(29(2,3)4)22-34-19-15-18-33(6)44(34,41)42/h11-12,23-25,36H,7-10,13-22H2,1-6H3,(H,31,40)(H,32,37)(H,38,39)/b12-11-/t23-,24?,25?,30-/m0/s1. The van der Waals surface area contributed by atoms with Gasteiger partial charge in [0.2, 0.25) is 5.91 Å². The third kappa shape index (κ3) is 11.0. The van der Waals surface area contributed by atoms with Crippen molar-refractivity contribution in [3.8, 4) is 0 Å². The highest BCUT2D eigenvalue weighted by molar-refractivity contribution is 7.86. The summed E-state index contributed by atoms with van der Waals surface area (Å²) in [5, 5.41) is 26.0. The fraction of sp³-hybridized carbons (Fsp3) is 0.833. The largest absolute Gasteiger partial charge is 0.480 e. The molecule has 0 aromatic rings. The van der Waals surface area contributed by atoms with Crippen molar-refractivity contribution < 1.29 is 37.8 Å². The molecule has 0 saturated carbocycles. The Morgan fingerprint density at radius 1 is 1.05 bits per heavy atom. The maximum absolute atomic E-state index is 13.2. The molecule has 44 heavy (non-hydrogen) atoms. The van der Waals surface area contributed by atoms with Crippen LogP contribution in [0.2, 0.25) is 0 Å². The van der Waals surface area contributed by atoms with E-state index in [4.69, 9.17) is 4.74 Å². The topological polar surface area (TPSA) is 169 Å². The smallest absolute Gasteiger partial charge is 0.407 e. The van der Waals surface area contributed by atoms with Gasteiger partial charge in [-0.15, -0.1) is 0 Å². The number of amides is 2. The Morgan fingerprint density at radius 2 is 1.73 bits per heavy atom. The van der Waals surface area contributed by atoms with Gasteiger partial charge < -0.3 is 25.6 Å². The van der Waals surface area contributed by atoms with Crippen LogP contribution < -0.4 is 10.6 Å². The molecule has 13 nitrogen and oxygen atoms in total. The van der Waals surface area contributed by atoms with Crippen molar-refractivity contribution in [2.75, 3.05) is 39.8 Å². The normalized spacial score (nSPS) is 22.8. The van der Waals surface area contributed by atoms with E-state index in [2.05, 4.69) is 17.6 Å². The molecule has 4 atom stereocenters. The maximum atomic E-state index is 13.2. The van der Waals surface area contributed by atoms with Crippen LogP contribution >= 0.6 is 0 Å². The number of nitrogens with zero attached hydrogens (tertiary/aromatic N) is 3. The minimum absolute atomic E-state index is 0.00247. The molecular formula is C30H55N5O8S. The molecule has 2 unspecified atom stereocenters. The third-order valence-corrected chi connectivity index (χ3v) is 10.4. The van der Waals surface area contributed by atoms with Gasteiger partial charge in [0.25, 0.3) is 10.2 Å². The van der Waals surface area contributed by atoms with Gasteiger partial charge >= 0.3 is 12.1 Å². The fourth-order valence-corrected chi connectivity index (χ4v) is 6.78. The number of carboxylic acids is 1. The SMILES string of the molecule is CCCCC/C=C\CC[C@](C)(NC(=O)[C@@H]1CCCN1C(O)CNC(=O)OC(CN1CCCN(C)S1(=O)=O)C(C)(C)C)C(=O)O. The lowest BCUT2D eigenvalue weighted by atomic mass is 9.89. The van der Waals surface area contributed by atoms with E-state index in [1.807, 2.05) is 32.9 Å². The van der Waals surface area contributed by atoms with Gasteiger partial charge in [-0.2, -0.15) is 17.0 Å². The molecule has 2 rings (SSSR count). The first-order valence-electron chi connectivity index (χ1n) is 15.8. The van der Waals surface area contributed by atoms with Crippen LogP contribution in [0.5, 0.6) is 0 Å². The van der Waals surface area contributed by atoms with E-state index in [-0.39, 0.29) is 19.5 Å². The van der Waals surface area contributed by atoms with Crippen LogP contribution in [0.15, 0.2) is 12.2 Å². The van der Waals surface area contributed by atoms with Gasteiger partial charge in [0.15, 0.2) is 0 Å². The maximum Gasteiger partial charge on any atom is 0.407 e. The second-order valence-corrected chi connectivity index (χ2v) is 15.2. The number of alkyl carbamates (subject to hydrolysis) is 1. The summed E-state index contributed by atoms with van der Waals surface area (Å²) in [6.45, 7) is 10.1. The van der Waals surface area contributed by atoms with Gasteiger partial charge in [0, 0.05) is 32.1 Å². The molecule has 0 spiro atoms. The Bertz CT molecular complexity index is 1100. The Balaban J connectivity index is 1.94. The first-order valence-corrected chi connectivity index (χ1v) is 17.2. The number of unbranched alkanes of at least 4 members (excludes halogenated alkanes) is 3. The molecule has 2 amide bonds. The molecule has 0 radical (unpaired) electrons. The predicted molar refractivity (Wildman–Crippen MR) is 168 cm³/mol. The number of aliphatic hydroxyl groups excluding tert-OH is 1. The molecule has 2 aliphatic heterocycles. The number of nitrogens with one attached hydrogen (secondary N) is 2. The number of ether oxygens (including phenoxy) is 1. The van der Waals surface area contributed by atoms with Gasteiger partial charge in [-0.3, -0.25) is 9.69 Å². The van der Waals surface area contributed by atoms with Gasteiger partial charge in [-0.25, -0.2) is 9.59 Å². The summed E-state index contributed by atoms with van der Waals surface area (Å²) in [5.41, 5.74) is -2.04. The lowest BCUT2D eigenvalue weighted by Crippen LogP contribution is -2.58. The van der Waals surface area contributed by atoms with Crippen LogP contribution in [0.1, 0.15) is 92.4 Å². The summed E-state index contributed by atoms with van der Waals surface area (Å²) in [7, 11) is -2.13. The summed E-state index contributed by atoms with van der Waals surface area (Å²) in [6, 6.07) is -0.755. The lowest BCUT2D eigenvalue weighted by Gasteiger charge is -2.38. The zero-order valence-corrected chi connectivity index (χ0v) is 28.2. The number of allylic oxidation sites excluding steroid dienone is 2. The molecule has 2 aliphatic rings. The van der Waals surface area contributed by atoms with Crippen LogP contribution in [-0.4, -0.2) is 114 Å². The molecule has 0 bridgehead atoms. The molecule has 2 heterocycles. The molecule has 14 heteroatoms. The fourth-order valence-electron chi connectivity index (χ4n) is 5.34. The molecular weight excluding hydrogens is 590 g/mol. The molecule has 0 aromatic heterocycles. The van der Waals surface area contributed by atoms with E-state index >= 15 is 0 Å². The van der Waals surface area contributed by atoms with Gasteiger partial charge in [-0.05, 0) is 51.9 Å². The van der Waals surface area contributed by atoms with Crippen molar-refractivity contribution in [2.24, 2.45) is 5.41 Å². The lowest BCUT2D eigenvalue weighted by molar-refractivity contribution is -0.148. The summed E-state index contributed by atoms with van der Waals surface area (Å²) < 4.78 is 33.7. The van der Waals surface area contributed by atoms with Crippen molar-refractivity contribution in [2.45, 2.75) is 116 Å². The Morgan fingerprint density at radius 3 is 2.36 bits per heavy atom. The van der Waals surface area contributed by atoms with Crippen molar-refractivity contribution in [1.82, 2.24) is 24.1 Å². The van der Waals surface area contributed by atoms with Crippen LogP contribution in [0.4, 0.5) is 4.79 Å². The third-order valence-electron chi connectivity index (χ3n) is 8.42. The van der Waals surface area contributed by atoms with E-state index in [1.54, 1.807) is 4.90 Å². The monoisotopic (exact) mass is 645 g/mol. The average molecular weight is 646 g/mol. The highest BCUT2D eigenvalue weighted by Gasteiger charge is 2.41. The van der Waals surface area contributed by atoms with Crippen LogP contribution in [0.3, 0.4) is 0 Å². The second kappa shape index (κ2) is 16.9. The Labute approximate surface area is 263 Å². The summed E-state index contributed by atoms with van der Waals surface area (Å²) in [5.74, 6) is -1.61. The van der Waals surface area contributed by atoms with Gasteiger partial charge in [0.1, 0.15) is 17.9 Å². The minimum Gasteiger partial charge on any atom is -0.480 e. The predicted octanol–water partition coefficient (Wildman–Crippen LogP) is 2.67. The van der Waals surface area contributed by atoms with E-state index in [1.165, 1.54) is 22.6 Å². The average Bonchev–Trinajstić information content (AvgIpc) is 3.43. The number of carbonyl (C=O) groups excluding carboxylic acids is 2. The van der Waals surface area contributed by atoms with Crippen LogP contribution in [-0.2, 0) is 24.5 Å². The Hall–Kier alpha value is -2.26. The highest BCUT2D eigenvalue weighted by Crippen LogP contribution is 2.26. The van der Waals surface area contributed by atoms with Crippen molar-refractivity contribution >= 4 is 28.2 Å². The van der Waals surface area contributed by atoms with E-state index < -0.39 is 57.5 Å². The van der Waals surface area contributed by atoms with E-state index in [0.717, 1.165) is 25.7 Å². The number of aliphatic hydroxyl groups is 1. The first-order chi connectivity index (χ1) is 20.5. The van der Waals surface area contributed by atoms with Gasteiger partial charge in [0.05, 0.1) is 19.1 Å². The highest BCUT2D eigenvalue weighted by atomic mass is 32.2. The number of hydrogen-bond acceptors (Lipinski definition) is 8. The van der Waals surface area contributed by atoms with Crippen LogP contribution in [0.25, 0.3) is 0 Å². The van der Waals surface area contributed by atoms with Gasteiger partial charge in [-0.1, -0.05) is 52.7 Å². The molecule has 0 aromatic carbocycles. The molecule has 2 fully saturated rings. The quantitative estimate of drug-likeness (QED) is 0.146. The zero-order valence-electron chi connectivity index (χ0n) is 27.4. The van der Waals surface area contributed by atoms with Crippen LogP contribution in [0, 0.1) is 5.41 Å². The van der Waals surface area contributed by atoms with E-state index in [9.17, 15) is 33.0 Å². The number of rotatable bonds is 16. The minimum atomic E-state index is -3.64. The summed E-state index contributed by atoms with van der Waals surface area (Å²) in [4.78, 5) is 39.7. The number of hydrogen-bond donors (Lipinski definition) is 4. The number of carboxylic acid groups (broad SMARTS) is 1. The molecule has 4 N–H and O–H groups in total. The van der Waals surface area contributed by atoms with Crippen molar-refractivity contribution in [3.05, 3.63) is 12.2 Å². The molecule has 2 saturated heterocycles. The molecule has 0 aliphatic carbocycles. The first kappa shape index (κ1) is 37.9. The molecule has 254 valence electrons. The van der Waals surface area contributed by atoms with Crippen molar-refractivity contribution in [3.63, 3.8) is 0 Å². The van der Waals surface area contributed by atoms with E-state index in [0.29, 0.717) is 45.3 Å². The number of aliphatic carboxylic acids is 1. The number of carbonyl (C=O) groups is 3. The Kier molecular flexibility index (Phi) is 14.5. The second-order valence-electron chi connectivity index (χ2n) is 13.2.